The van der Waals surface area contributed by atoms with E-state index in [0.29, 0.717) is 0 Å². The van der Waals surface area contributed by atoms with Crippen molar-refractivity contribution in [1.82, 2.24) is 0 Å². The van der Waals surface area contributed by atoms with E-state index in [1.54, 1.807) is 0 Å². The van der Waals surface area contributed by atoms with Gasteiger partial charge < -0.3 is 0 Å². The Hall–Kier alpha value is 1.50. The summed E-state index contributed by atoms with van der Waals surface area (Å²) >= 11 is 2.45. The largest absolute Gasteiger partial charge is 0.316 e. The van der Waals surface area contributed by atoms with Crippen LogP contribution in [0.3, 0.4) is 0 Å². The van der Waals surface area contributed by atoms with E-state index in [1.165, 1.54) is 43.0 Å². The number of hydrogen-bond donors (Lipinski definition) is 0. The molecule has 0 N–H and O–H groups in total. The van der Waals surface area contributed by atoms with E-state index >= 15 is 0 Å². The van der Waals surface area contributed by atoms with Gasteiger partial charge in [0.05, 0.1) is 0 Å². The lowest BCUT2D eigenvalue weighted by molar-refractivity contribution is 0.629. The molecule has 0 aliphatic heterocycles. The highest BCUT2D eigenvalue weighted by atomic mass is 127. The van der Waals surface area contributed by atoms with Crippen molar-refractivity contribution in [1.29, 1.82) is 0 Å². The van der Waals surface area contributed by atoms with Gasteiger partial charge in [-0.3, -0.25) is 0 Å². The fourth-order valence-electron chi connectivity index (χ4n) is 0.875. The van der Waals surface area contributed by atoms with E-state index in [4.69, 9.17) is 0 Å². The van der Waals surface area contributed by atoms with Crippen LogP contribution in [0.5, 0.6) is 0 Å². The summed E-state index contributed by atoms with van der Waals surface area (Å²) < 4.78 is 1.34. The second-order valence-corrected chi connectivity index (χ2v) is 3.54. The third-order valence-electron chi connectivity index (χ3n) is 1.49. The fraction of sp³-hybridized carbons (Fsp3) is 1.00. The van der Waals surface area contributed by atoms with Gasteiger partial charge in [-0.15, -0.1) is 0 Å². The van der Waals surface area contributed by atoms with Crippen molar-refractivity contribution in [3.63, 3.8) is 0 Å². The van der Waals surface area contributed by atoms with Crippen molar-refractivity contribution < 1.29 is 0 Å². The molecule has 0 aliphatic rings. The summed E-state index contributed by atoms with van der Waals surface area (Å²) in [6.45, 7) is 2.26. The Labute approximate surface area is 94.8 Å². The first-order valence-electron chi connectivity index (χ1n) is 3.97. The molecule has 0 aliphatic carbocycles. The normalized spacial score (nSPS) is 9.00. The lowest BCUT2D eigenvalue weighted by Crippen LogP contribution is -1.77. The molecule has 0 aromatic carbocycles. The molecule has 0 heterocycles. The average molecular weight is 266 g/mol. The van der Waals surface area contributed by atoms with Gasteiger partial charge in [-0.2, -0.15) is 0 Å². The van der Waals surface area contributed by atoms with Crippen molar-refractivity contribution in [2.45, 2.75) is 45.4 Å². The van der Waals surface area contributed by atoms with Crippen LogP contribution in [0.25, 0.3) is 0 Å². The maximum Gasteiger partial charge on any atom is 0.316 e. The number of unbranched alkanes of at least 4 members (excludes halogenated alkanes) is 5. The summed E-state index contributed by atoms with van der Waals surface area (Å²) in [5, 5.41) is 0. The van der Waals surface area contributed by atoms with E-state index in [9.17, 15) is 0 Å². The third-order valence-corrected chi connectivity index (χ3v) is 2.25. The van der Waals surface area contributed by atoms with Crippen LogP contribution in [0.2, 0.25) is 0 Å². The van der Waals surface area contributed by atoms with Crippen LogP contribution in [0.1, 0.15) is 45.4 Å². The quantitative estimate of drug-likeness (QED) is 0.300. The summed E-state index contributed by atoms with van der Waals surface area (Å²) in [6, 6.07) is 0. The molecule has 0 radical (unpaired) electrons. The van der Waals surface area contributed by atoms with Gasteiger partial charge in [-0.1, -0.05) is 61.6 Å². The average Bonchev–Trinajstić information content (AvgIpc) is 1.89. The second kappa shape index (κ2) is 13.1. The highest BCUT2D eigenvalue weighted by Crippen LogP contribution is 2.05. The minimum absolute atomic E-state index is 0. The number of alkyl halides is 1. The number of hydrogen-bond acceptors (Lipinski definition) is 0. The first kappa shape index (κ1) is 14.0. The Morgan fingerprint density at radius 1 is 0.900 bits per heavy atom. The molecular weight excluding hydrogens is 247 g/mol. The van der Waals surface area contributed by atoms with Crippen molar-refractivity contribution in [2.24, 2.45) is 0 Å². The van der Waals surface area contributed by atoms with E-state index in [1.807, 2.05) is 0 Å². The first-order valence-corrected chi connectivity index (χ1v) is 5.50. The highest BCUT2D eigenvalue weighted by molar-refractivity contribution is 14.1. The molecule has 0 fully saturated rings. The minimum Gasteiger partial charge on any atom is -0.0864 e. The maximum atomic E-state index is 2.45. The molecule has 2 heteroatoms. The van der Waals surface area contributed by atoms with E-state index < -0.39 is 0 Å². The van der Waals surface area contributed by atoms with Gasteiger partial charge in [0.25, 0.3) is 0 Å². The third kappa shape index (κ3) is 12.2. The smallest absolute Gasteiger partial charge is 0.0864 e. The molecule has 60 valence electrons. The first-order chi connectivity index (χ1) is 4.41. The van der Waals surface area contributed by atoms with Crippen LogP contribution in [-0.2, 0) is 0 Å². The van der Waals surface area contributed by atoms with Crippen LogP contribution in [0.4, 0.5) is 0 Å². The van der Waals surface area contributed by atoms with Gasteiger partial charge in [-0.05, 0) is 10.8 Å². The predicted octanol–water partition coefficient (Wildman–Crippen LogP) is 2.87. The van der Waals surface area contributed by atoms with E-state index in [2.05, 4.69) is 29.5 Å². The van der Waals surface area contributed by atoms with E-state index in [-0.39, 0.29) is 23.1 Å². The maximum absolute atomic E-state index is 2.45. The van der Waals surface area contributed by atoms with Gasteiger partial charge in [0, 0.05) is 0 Å². The fourth-order valence-corrected chi connectivity index (χ4v) is 1.41. The molecular formula is C8H19IMg. The van der Waals surface area contributed by atoms with Crippen molar-refractivity contribution in [2.75, 3.05) is 4.43 Å². The molecule has 0 aromatic rings. The summed E-state index contributed by atoms with van der Waals surface area (Å²) in [5.74, 6) is 0. The lowest BCUT2D eigenvalue weighted by Gasteiger charge is -1.95. The van der Waals surface area contributed by atoms with E-state index in [0.717, 1.165) is 0 Å². The molecule has 0 atom stereocenters. The van der Waals surface area contributed by atoms with Gasteiger partial charge in [0.2, 0.25) is 0 Å². The monoisotopic (exact) mass is 266 g/mol. The molecule has 10 heavy (non-hydrogen) atoms. The van der Waals surface area contributed by atoms with Gasteiger partial charge in [-0.25, -0.2) is 0 Å². The van der Waals surface area contributed by atoms with Crippen LogP contribution < -0.4 is 0 Å². The lowest BCUT2D eigenvalue weighted by atomic mass is 10.1. The SMILES string of the molecule is CCCCCCCCI.[MgH2]. The molecule has 0 saturated heterocycles. The molecule has 0 unspecified atom stereocenters. The van der Waals surface area contributed by atoms with Crippen LogP contribution in [-0.4, -0.2) is 27.5 Å². The van der Waals surface area contributed by atoms with Crippen molar-refractivity contribution in [3.8, 4) is 0 Å². The Morgan fingerprint density at radius 2 is 1.40 bits per heavy atom. The molecule has 0 aromatic heterocycles. The van der Waals surface area contributed by atoms with Gasteiger partial charge in [0.1, 0.15) is 0 Å². The molecule has 0 saturated carbocycles. The van der Waals surface area contributed by atoms with Crippen molar-refractivity contribution >= 4 is 45.6 Å². The summed E-state index contributed by atoms with van der Waals surface area (Å²) in [5.41, 5.74) is 0. The Bertz CT molecular complexity index is 42.5. The Morgan fingerprint density at radius 3 is 1.90 bits per heavy atom. The summed E-state index contributed by atoms with van der Waals surface area (Å²) in [7, 11) is 0. The van der Waals surface area contributed by atoms with Crippen LogP contribution >= 0.6 is 22.6 Å². The zero-order valence-electron chi connectivity index (χ0n) is 6.33. The zero-order chi connectivity index (χ0) is 6.95. The predicted molar refractivity (Wildman–Crippen MR) is 60.8 cm³/mol. The number of halogens is 1. The summed E-state index contributed by atoms with van der Waals surface area (Å²) in [4.78, 5) is 0. The van der Waals surface area contributed by atoms with Gasteiger partial charge in [0.15, 0.2) is 0 Å². The molecule has 0 spiro atoms. The summed E-state index contributed by atoms with van der Waals surface area (Å²) in [6.07, 6.45) is 8.57. The molecule has 0 amide bonds. The van der Waals surface area contributed by atoms with Crippen LogP contribution in [0.15, 0.2) is 0 Å². The molecule has 0 nitrogen and oxygen atoms in total. The Balaban J connectivity index is 0. The van der Waals surface area contributed by atoms with Crippen molar-refractivity contribution in [3.05, 3.63) is 0 Å². The topological polar surface area (TPSA) is 0 Å². The van der Waals surface area contributed by atoms with Gasteiger partial charge >= 0.3 is 23.1 Å². The highest BCUT2D eigenvalue weighted by Gasteiger charge is 1.86. The Kier molecular flexibility index (Phi) is 18.4. The minimum atomic E-state index is 0. The molecule has 0 rings (SSSR count). The zero-order valence-corrected chi connectivity index (χ0v) is 8.49. The second-order valence-electron chi connectivity index (χ2n) is 2.46. The number of rotatable bonds is 6. The standard InChI is InChI=1S/C8H17I.Mg.2H/c1-2-3-4-5-6-7-8-9;;;/h2-8H2,1H3;;;. The van der Waals surface area contributed by atoms with Crippen LogP contribution in [0, 0.1) is 0 Å². The molecule has 0 bridgehead atoms.